The number of para-hydroxylation sites is 1. The summed E-state index contributed by atoms with van der Waals surface area (Å²) in [4.78, 5) is 44.3. The number of Topliss-reactive ketones (excluding diaryl/α,β-unsaturated/α-hetero) is 2. The molecule has 3 heterocycles. The molecule has 198 valence electrons. The maximum absolute atomic E-state index is 14.6. The lowest BCUT2D eigenvalue weighted by Gasteiger charge is -2.37. The van der Waals surface area contributed by atoms with Gasteiger partial charge in [-0.15, -0.1) is 0 Å². The Hall–Kier alpha value is -4.19. The van der Waals surface area contributed by atoms with Crippen LogP contribution in [0.25, 0.3) is 6.08 Å². The summed E-state index contributed by atoms with van der Waals surface area (Å²) in [5.74, 6) is -0.330. The minimum Gasteiger partial charge on any atom is -0.497 e. The smallest absolute Gasteiger partial charge is 0.238 e. The van der Waals surface area contributed by atoms with Crippen molar-refractivity contribution in [1.82, 2.24) is 0 Å². The Morgan fingerprint density at radius 2 is 1.79 bits per heavy atom. The molecule has 0 saturated carbocycles. The van der Waals surface area contributed by atoms with E-state index in [2.05, 4.69) is 19.2 Å². The fraction of sp³-hybridized carbons (Fsp3) is 0.303. The molecule has 3 aromatic carbocycles. The topological polar surface area (TPSA) is 75.7 Å². The van der Waals surface area contributed by atoms with E-state index in [4.69, 9.17) is 4.74 Å². The first-order valence-electron chi connectivity index (χ1n) is 13.5. The first kappa shape index (κ1) is 25.1. The summed E-state index contributed by atoms with van der Waals surface area (Å²) in [6.45, 7) is 5.84. The number of hydrogen-bond acceptors (Lipinski definition) is 5. The number of amides is 1. The average molecular weight is 521 g/mol. The highest BCUT2D eigenvalue weighted by Gasteiger charge is 2.69. The van der Waals surface area contributed by atoms with E-state index in [1.165, 1.54) is 6.92 Å². The van der Waals surface area contributed by atoms with Gasteiger partial charge in [-0.25, -0.2) is 0 Å². The number of benzene rings is 3. The summed E-state index contributed by atoms with van der Waals surface area (Å²) in [5, 5.41) is 3.05. The first-order chi connectivity index (χ1) is 18.8. The van der Waals surface area contributed by atoms with Crippen LogP contribution in [0.15, 0.2) is 72.8 Å². The molecular formula is C33H32N2O4. The van der Waals surface area contributed by atoms with Crippen LogP contribution in [0.3, 0.4) is 0 Å². The molecule has 0 radical (unpaired) electrons. The molecule has 3 aliphatic rings. The van der Waals surface area contributed by atoms with Crippen molar-refractivity contribution < 1.29 is 19.1 Å². The number of ketones is 2. The van der Waals surface area contributed by atoms with Gasteiger partial charge in [0.2, 0.25) is 5.91 Å². The second-order valence-electron chi connectivity index (χ2n) is 11.2. The van der Waals surface area contributed by atoms with Crippen molar-refractivity contribution >= 4 is 34.9 Å². The van der Waals surface area contributed by atoms with E-state index < -0.39 is 23.4 Å². The Balaban J connectivity index is 1.57. The van der Waals surface area contributed by atoms with Gasteiger partial charge in [-0.05, 0) is 54.7 Å². The van der Waals surface area contributed by atoms with Crippen LogP contribution in [-0.2, 0) is 21.4 Å². The van der Waals surface area contributed by atoms with Crippen LogP contribution in [0.5, 0.6) is 5.75 Å². The number of nitrogens with zero attached hydrogens (tertiary/aromatic N) is 1. The third-order valence-corrected chi connectivity index (χ3v) is 8.42. The number of fused-ring (bicyclic) bond motifs is 6. The van der Waals surface area contributed by atoms with Crippen LogP contribution in [-0.4, -0.2) is 36.7 Å². The zero-order valence-electron chi connectivity index (χ0n) is 22.6. The van der Waals surface area contributed by atoms with E-state index in [0.29, 0.717) is 22.9 Å². The zero-order valence-corrected chi connectivity index (χ0v) is 22.6. The van der Waals surface area contributed by atoms with Gasteiger partial charge in [-0.3, -0.25) is 14.4 Å². The Bertz CT molecular complexity index is 1520. The van der Waals surface area contributed by atoms with Crippen molar-refractivity contribution in [3.63, 3.8) is 0 Å². The predicted octanol–water partition coefficient (Wildman–Crippen LogP) is 5.46. The van der Waals surface area contributed by atoms with Gasteiger partial charge < -0.3 is 15.0 Å². The van der Waals surface area contributed by atoms with Gasteiger partial charge in [0, 0.05) is 22.5 Å². The lowest BCUT2D eigenvalue weighted by Crippen LogP contribution is -2.51. The van der Waals surface area contributed by atoms with E-state index in [0.717, 1.165) is 28.8 Å². The van der Waals surface area contributed by atoms with Crippen molar-refractivity contribution in [2.75, 3.05) is 17.3 Å². The Morgan fingerprint density at radius 3 is 2.49 bits per heavy atom. The number of ether oxygens (including phenoxy) is 1. The van der Waals surface area contributed by atoms with Gasteiger partial charge in [0.1, 0.15) is 11.2 Å². The van der Waals surface area contributed by atoms with Crippen LogP contribution in [0, 0.1) is 11.8 Å². The summed E-state index contributed by atoms with van der Waals surface area (Å²) < 4.78 is 5.44. The average Bonchev–Trinajstić information content (AvgIpc) is 3.41. The van der Waals surface area contributed by atoms with Crippen LogP contribution < -0.4 is 15.0 Å². The number of hydrogen-bond donors (Lipinski definition) is 1. The molecule has 1 spiro atoms. The molecule has 4 atom stereocenters. The number of nitrogens with one attached hydrogen (secondary N) is 1. The summed E-state index contributed by atoms with van der Waals surface area (Å²) >= 11 is 0. The highest BCUT2D eigenvalue weighted by Crippen LogP contribution is 2.57. The van der Waals surface area contributed by atoms with Gasteiger partial charge in [0.15, 0.2) is 11.6 Å². The number of rotatable bonds is 6. The Morgan fingerprint density at radius 1 is 1.05 bits per heavy atom. The molecule has 1 saturated heterocycles. The number of methoxy groups -OCH3 is 1. The molecule has 1 amide bonds. The van der Waals surface area contributed by atoms with Crippen LogP contribution in [0.4, 0.5) is 11.4 Å². The third-order valence-electron chi connectivity index (χ3n) is 8.42. The Labute approximate surface area is 228 Å². The normalized spacial score (nSPS) is 24.4. The molecule has 0 unspecified atom stereocenters. The largest absolute Gasteiger partial charge is 0.497 e. The molecule has 3 aromatic rings. The first-order valence-corrected chi connectivity index (χ1v) is 13.5. The van der Waals surface area contributed by atoms with E-state index in [1.807, 2.05) is 83.8 Å². The highest BCUT2D eigenvalue weighted by molar-refractivity contribution is 6.16. The predicted molar refractivity (Wildman–Crippen MR) is 152 cm³/mol. The molecule has 6 rings (SSSR count). The highest BCUT2D eigenvalue weighted by atomic mass is 16.5. The second kappa shape index (κ2) is 9.23. The summed E-state index contributed by atoms with van der Waals surface area (Å²) in [5.41, 5.74) is 3.52. The Kier molecular flexibility index (Phi) is 5.94. The van der Waals surface area contributed by atoms with Gasteiger partial charge in [0.05, 0.1) is 25.1 Å². The van der Waals surface area contributed by atoms with Gasteiger partial charge in [0.25, 0.3) is 0 Å². The van der Waals surface area contributed by atoms with Gasteiger partial charge >= 0.3 is 0 Å². The molecule has 6 heteroatoms. The summed E-state index contributed by atoms with van der Waals surface area (Å²) in [6, 6.07) is 19.5. The number of carbonyl (C=O) groups excluding carboxylic acids is 3. The summed E-state index contributed by atoms with van der Waals surface area (Å²) in [6.07, 6.45) is 4.85. The van der Waals surface area contributed by atoms with Crippen LogP contribution in [0.2, 0.25) is 0 Å². The van der Waals surface area contributed by atoms with E-state index in [-0.39, 0.29) is 17.5 Å². The van der Waals surface area contributed by atoms with Crippen molar-refractivity contribution in [3.05, 3.63) is 95.1 Å². The second-order valence-corrected chi connectivity index (χ2v) is 11.2. The fourth-order valence-electron chi connectivity index (χ4n) is 6.89. The zero-order chi connectivity index (χ0) is 27.5. The van der Waals surface area contributed by atoms with Gasteiger partial charge in [-0.2, -0.15) is 0 Å². The summed E-state index contributed by atoms with van der Waals surface area (Å²) in [7, 11) is 1.61. The van der Waals surface area contributed by atoms with Crippen molar-refractivity contribution in [2.45, 2.75) is 44.7 Å². The molecular weight excluding hydrogens is 488 g/mol. The lowest BCUT2D eigenvalue weighted by atomic mass is 9.64. The SMILES string of the molecule is COc1ccc2c(c1)C=C[C@@H]1N2[C@H](C(C)=O)[C@H](C(=O)c2ccc(CC(C)C)cc2)[C@]12C(=O)Nc1ccccc12. The fourth-order valence-corrected chi connectivity index (χ4v) is 6.89. The van der Waals surface area contributed by atoms with Crippen LogP contribution >= 0.6 is 0 Å². The van der Waals surface area contributed by atoms with Crippen molar-refractivity contribution in [3.8, 4) is 5.75 Å². The maximum Gasteiger partial charge on any atom is 0.238 e. The number of anilines is 2. The van der Waals surface area contributed by atoms with E-state index in [9.17, 15) is 14.4 Å². The molecule has 0 aliphatic carbocycles. The molecule has 3 aliphatic heterocycles. The van der Waals surface area contributed by atoms with Gasteiger partial charge in [-0.1, -0.05) is 68.5 Å². The molecule has 0 aromatic heterocycles. The standard InChI is InChI=1S/C33H32N2O4/c1-19(2)17-21-9-11-22(12-10-21)31(37)29-30(20(3)36)35-27-15-14-24(39-4)18-23(27)13-16-28(35)33(29)25-7-5-6-8-26(25)34-32(33)38/h5-16,18-19,28-30H,17H2,1-4H3,(H,34,38)/t28-,29+,30+,33+/m0/s1. The molecule has 39 heavy (non-hydrogen) atoms. The van der Waals surface area contributed by atoms with Crippen molar-refractivity contribution in [2.24, 2.45) is 11.8 Å². The van der Waals surface area contributed by atoms with Crippen molar-refractivity contribution in [1.29, 1.82) is 0 Å². The molecule has 1 fully saturated rings. The van der Waals surface area contributed by atoms with Crippen LogP contribution in [0.1, 0.15) is 47.8 Å². The minimum atomic E-state index is -1.27. The minimum absolute atomic E-state index is 0.152. The number of carbonyl (C=O) groups is 3. The molecule has 6 nitrogen and oxygen atoms in total. The maximum atomic E-state index is 14.6. The van der Waals surface area contributed by atoms with E-state index in [1.54, 1.807) is 7.11 Å². The lowest BCUT2D eigenvalue weighted by molar-refractivity contribution is -0.122. The molecule has 1 N–H and O–H groups in total. The quantitative estimate of drug-likeness (QED) is 0.437. The monoisotopic (exact) mass is 520 g/mol. The molecule has 0 bridgehead atoms. The third kappa shape index (κ3) is 3.65. The van der Waals surface area contributed by atoms with E-state index >= 15 is 0 Å².